The monoisotopic (exact) mass is 294 g/mol. The van der Waals surface area contributed by atoms with E-state index in [1.807, 2.05) is 30.3 Å². The van der Waals surface area contributed by atoms with Crippen molar-refractivity contribution in [3.8, 4) is 0 Å². The number of hydrazine groups is 1. The Balaban J connectivity index is 1.54. The van der Waals surface area contributed by atoms with E-state index in [2.05, 4.69) is 41.2 Å². The largest absolute Gasteiger partial charge is 0.287 e. The van der Waals surface area contributed by atoms with Gasteiger partial charge in [0.25, 0.3) is 5.91 Å². The van der Waals surface area contributed by atoms with Gasteiger partial charge in [-0.25, -0.2) is 5.43 Å². The predicted molar refractivity (Wildman–Crippen MR) is 88.5 cm³/mol. The van der Waals surface area contributed by atoms with Gasteiger partial charge in [-0.3, -0.25) is 10.2 Å². The number of benzene rings is 2. The van der Waals surface area contributed by atoms with Gasteiger partial charge >= 0.3 is 0 Å². The quantitative estimate of drug-likeness (QED) is 0.845. The Morgan fingerprint density at radius 3 is 2.32 bits per heavy atom. The second-order valence-electron chi connectivity index (χ2n) is 5.94. The second kappa shape index (κ2) is 7.23. The first kappa shape index (κ1) is 14.8. The number of carbonyl (C=O) groups excluding carboxylic acids is 1. The van der Waals surface area contributed by atoms with E-state index in [-0.39, 0.29) is 5.91 Å². The van der Waals surface area contributed by atoms with E-state index in [1.165, 1.54) is 18.4 Å². The van der Waals surface area contributed by atoms with Crippen molar-refractivity contribution in [1.29, 1.82) is 0 Å². The lowest BCUT2D eigenvalue weighted by molar-refractivity contribution is 0.0918. The lowest BCUT2D eigenvalue weighted by Gasteiger charge is -2.30. The van der Waals surface area contributed by atoms with Crippen LogP contribution in [0.15, 0.2) is 60.7 Å². The van der Waals surface area contributed by atoms with Crippen LogP contribution in [0.4, 0.5) is 0 Å². The highest BCUT2D eigenvalue weighted by molar-refractivity contribution is 5.93. The van der Waals surface area contributed by atoms with Crippen LogP contribution in [0.5, 0.6) is 0 Å². The molecule has 1 aliphatic carbocycles. The minimum Gasteiger partial charge on any atom is -0.287 e. The Kier molecular flexibility index (Phi) is 4.86. The van der Waals surface area contributed by atoms with Crippen molar-refractivity contribution in [2.75, 3.05) is 0 Å². The smallest absolute Gasteiger partial charge is 0.265 e. The fourth-order valence-corrected chi connectivity index (χ4v) is 3.18. The Morgan fingerprint density at radius 1 is 0.909 bits per heavy atom. The van der Waals surface area contributed by atoms with E-state index >= 15 is 0 Å². The predicted octanol–water partition coefficient (Wildman–Crippen LogP) is 3.65. The van der Waals surface area contributed by atoms with Gasteiger partial charge in [0.1, 0.15) is 0 Å². The van der Waals surface area contributed by atoms with E-state index in [0.29, 0.717) is 17.5 Å². The topological polar surface area (TPSA) is 41.1 Å². The van der Waals surface area contributed by atoms with Crippen LogP contribution in [0.25, 0.3) is 0 Å². The zero-order valence-electron chi connectivity index (χ0n) is 12.7. The Morgan fingerprint density at radius 2 is 1.59 bits per heavy atom. The number of rotatable bonds is 4. The number of hydrogen-bond donors (Lipinski definition) is 2. The number of nitrogens with one attached hydrogen (secondary N) is 2. The molecular weight excluding hydrogens is 272 g/mol. The summed E-state index contributed by atoms with van der Waals surface area (Å²) in [6, 6.07) is 20.3. The van der Waals surface area contributed by atoms with Gasteiger partial charge in [0.2, 0.25) is 0 Å². The van der Waals surface area contributed by atoms with Crippen molar-refractivity contribution in [3.05, 3.63) is 71.8 Å². The molecule has 0 saturated heterocycles. The van der Waals surface area contributed by atoms with Gasteiger partial charge in [-0.2, -0.15) is 0 Å². The molecule has 114 valence electrons. The lowest BCUT2D eigenvalue weighted by Crippen LogP contribution is -2.46. The van der Waals surface area contributed by atoms with Crippen molar-refractivity contribution in [2.45, 2.75) is 37.6 Å². The molecule has 2 N–H and O–H groups in total. The summed E-state index contributed by atoms with van der Waals surface area (Å²) in [6.07, 6.45) is 4.60. The Hall–Kier alpha value is -2.13. The van der Waals surface area contributed by atoms with Gasteiger partial charge in [-0.05, 0) is 42.9 Å². The third-order valence-corrected chi connectivity index (χ3v) is 4.37. The minimum atomic E-state index is -0.0672. The maximum atomic E-state index is 12.1. The summed E-state index contributed by atoms with van der Waals surface area (Å²) in [7, 11) is 0. The number of carbonyl (C=O) groups is 1. The van der Waals surface area contributed by atoms with Gasteiger partial charge in [-0.1, -0.05) is 55.0 Å². The first-order valence-electron chi connectivity index (χ1n) is 7.99. The standard InChI is InChI=1S/C19H22N2O/c22-19(16-10-5-2-6-11-16)21-20-18-13-7-12-17(14-18)15-8-3-1-4-9-15/h1-6,8-11,17-18,20H,7,12-14H2,(H,21,22)/t17-,18-/m0/s1. The summed E-state index contributed by atoms with van der Waals surface area (Å²) in [5.74, 6) is 0.517. The van der Waals surface area contributed by atoms with Crippen LogP contribution in [0, 0.1) is 0 Å². The third kappa shape index (κ3) is 3.74. The van der Waals surface area contributed by atoms with Crippen LogP contribution in [-0.2, 0) is 0 Å². The van der Waals surface area contributed by atoms with Crippen LogP contribution in [0.1, 0.15) is 47.5 Å². The SMILES string of the molecule is O=C(NN[C@H]1CCC[C@H](c2ccccc2)C1)c1ccccc1. The zero-order chi connectivity index (χ0) is 15.2. The van der Waals surface area contributed by atoms with Crippen LogP contribution in [0.2, 0.25) is 0 Å². The maximum absolute atomic E-state index is 12.1. The first-order valence-corrected chi connectivity index (χ1v) is 7.99. The van der Waals surface area contributed by atoms with Gasteiger partial charge in [-0.15, -0.1) is 0 Å². The molecule has 0 unspecified atom stereocenters. The Labute approximate surface area is 131 Å². The second-order valence-corrected chi connectivity index (χ2v) is 5.94. The molecule has 3 rings (SSSR count). The number of amides is 1. The molecule has 0 spiro atoms. The first-order chi connectivity index (χ1) is 10.8. The summed E-state index contributed by atoms with van der Waals surface area (Å²) < 4.78 is 0. The van der Waals surface area contributed by atoms with Crippen LogP contribution in [-0.4, -0.2) is 11.9 Å². The molecule has 0 heterocycles. The summed E-state index contributed by atoms with van der Waals surface area (Å²) in [5, 5.41) is 0. The van der Waals surface area contributed by atoms with E-state index in [4.69, 9.17) is 0 Å². The Bertz CT molecular complexity index is 597. The molecule has 0 radical (unpaired) electrons. The minimum absolute atomic E-state index is 0.0672. The van der Waals surface area contributed by atoms with Crippen LogP contribution < -0.4 is 10.9 Å². The van der Waals surface area contributed by atoms with Crippen molar-refractivity contribution in [2.24, 2.45) is 0 Å². The molecule has 1 fully saturated rings. The number of hydrogen-bond acceptors (Lipinski definition) is 2. The molecule has 0 bridgehead atoms. The van der Waals surface area contributed by atoms with Gasteiger partial charge in [0.15, 0.2) is 0 Å². The van der Waals surface area contributed by atoms with Gasteiger partial charge < -0.3 is 0 Å². The maximum Gasteiger partial charge on any atom is 0.265 e. The average molecular weight is 294 g/mol. The van der Waals surface area contributed by atoms with Gasteiger partial charge in [0, 0.05) is 11.6 Å². The van der Waals surface area contributed by atoms with E-state index in [1.54, 1.807) is 0 Å². The van der Waals surface area contributed by atoms with E-state index in [9.17, 15) is 4.79 Å². The van der Waals surface area contributed by atoms with Crippen molar-refractivity contribution in [3.63, 3.8) is 0 Å². The molecule has 0 aliphatic heterocycles. The molecule has 0 aromatic heterocycles. The molecule has 22 heavy (non-hydrogen) atoms. The highest BCUT2D eigenvalue weighted by Crippen LogP contribution is 2.32. The molecule has 3 nitrogen and oxygen atoms in total. The summed E-state index contributed by atoms with van der Waals surface area (Å²) in [6.45, 7) is 0. The zero-order valence-corrected chi connectivity index (χ0v) is 12.7. The van der Waals surface area contributed by atoms with Crippen LogP contribution in [0.3, 0.4) is 0 Å². The van der Waals surface area contributed by atoms with Crippen molar-refractivity contribution >= 4 is 5.91 Å². The molecule has 1 saturated carbocycles. The van der Waals surface area contributed by atoms with Crippen LogP contribution >= 0.6 is 0 Å². The van der Waals surface area contributed by atoms with Crippen molar-refractivity contribution < 1.29 is 4.79 Å². The van der Waals surface area contributed by atoms with Crippen molar-refractivity contribution in [1.82, 2.24) is 10.9 Å². The molecular formula is C19H22N2O. The summed E-state index contributed by atoms with van der Waals surface area (Å²) >= 11 is 0. The molecule has 3 heteroatoms. The molecule has 2 aromatic rings. The normalized spacial score (nSPS) is 21.3. The summed E-state index contributed by atoms with van der Waals surface area (Å²) in [4.78, 5) is 12.1. The third-order valence-electron chi connectivity index (χ3n) is 4.37. The van der Waals surface area contributed by atoms with Gasteiger partial charge in [0.05, 0.1) is 0 Å². The van der Waals surface area contributed by atoms with E-state index in [0.717, 1.165) is 12.8 Å². The highest BCUT2D eigenvalue weighted by atomic mass is 16.2. The fourth-order valence-electron chi connectivity index (χ4n) is 3.18. The molecule has 2 aromatic carbocycles. The molecule has 1 amide bonds. The lowest BCUT2D eigenvalue weighted by atomic mass is 9.81. The highest BCUT2D eigenvalue weighted by Gasteiger charge is 2.23. The van der Waals surface area contributed by atoms with E-state index < -0.39 is 0 Å². The fraction of sp³-hybridized carbons (Fsp3) is 0.316. The molecule has 2 atom stereocenters. The molecule has 1 aliphatic rings. The summed E-state index contributed by atoms with van der Waals surface area (Å²) in [5.41, 5.74) is 8.16. The average Bonchev–Trinajstić information content (AvgIpc) is 2.61.